The maximum absolute atomic E-state index is 11.5. The molecule has 0 bridgehead atoms. The summed E-state index contributed by atoms with van der Waals surface area (Å²) < 4.78 is 6.87. The number of aromatic amines is 1. The maximum Gasteiger partial charge on any atom is 0.349 e. The quantitative estimate of drug-likeness (QED) is 0.744. The van der Waals surface area contributed by atoms with Crippen LogP contribution >= 0.6 is 0 Å². The van der Waals surface area contributed by atoms with Gasteiger partial charge in [-0.15, -0.1) is 0 Å². The van der Waals surface area contributed by atoms with E-state index in [2.05, 4.69) is 25.5 Å². The third kappa shape index (κ3) is 2.04. The number of aryl methyl sites for hydroxylation is 2. The Morgan fingerprint density at radius 3 is 2.95 bits per heavy atom. The van der Waals surface area contributed by atoms with Gasteiger partial charge in [-0.3, -0.25) is 0 Å². The predicted octanol–water partition coefficient (Wildman–Crippen LogP) is 1.20. The molecule has 3 heterocycles. The lowest BCUT2D eigenvalue weighted by atomic mass is 10.3. The summed E-state index contributed by atoms with van der Waals surface area (Å²) in [7, 11) is 0. The molecule has 20 heavy (non-hydrogen) atoms. The molecule has 0 radical (unpaired) electrons. The van der Waals surface area contributed by atoms with Crippen molar-refractivity contribution in [3.8, 4) is 0 Å². The average molecular weight is 274 g/mol. The normalized spacial score (nSPS) is 12.8. The summed E-state index contributed by atoms with van der Waals surface area (Å²) in [5, 5.41) is 9.50. The molecule has 1 atom stereocenters. The molecule has 0 fully saturated rings. The molecule has 0 aliphatic heterocycles. The van der Waals surface area contributed by atoms with Gasteiger partial charge in [-0.25, -0.2) is 24.3 Å². The number of rotatable bonds is 3. The van der Waals surface area contributed by atoms with Crippen molar-refractivity contribution in [2.45, 2.75) is 26.8 Å². The fourth-order valence-electron chi connectivity index (χ4n) is 2.03. The van der Waals surface area contributed by atoms with Crippen LogP contribution in [0.2, 0.25) is 0 Å². The van der Waals surface area contributed by atoms with E-state index in [1.807, 2.05) is 13.8 Å². The topological polar surface area (TPSA) is 101 Å². The molecule has 8 heteroatoms. The van der Waals surface area contributed by atoms with Crippen LogP contribution in [0.1, 0.15) is 30.4 Å². The van der Waals surface area contributed by atoms with E-state index in [9.17, 15) is 4.79 Å². The smallest absolute Gasteiger partial charge is 0.349 e. The molecule has 0 saturated carbocycles. The van der Waals surface area contributed by atoms with Crippen LogP contribution in [-0.2, 0) is 0 Å². The van der Waals surface area contributed by atoms with Crippen molar-refractivity contribution in [3.63, 3.8) is 0 Å². The highest BCUT2D eigenvalue weighted by atomic mass is 16.4. The van der Waals surface area contributed by atoms with Gasteiger partial charge < -0.3 is 9.73 Å². The van der Waals surface area contributed by atoms with E-state index < -0.39 is 0 Å². The summed E-state index contributed by atoms with van der Waals surface area (Å²) in [5.41, 5.74) is 0.216. The average Bonchev–Trinajstić information content (AvgIpc) is 2.96. The molecule has 0 aliphatic carbocycles. The Kier molecular flexibility index (Phi) is 2.78. The minimum absolute atomic E-state index is 0.135. The van der Waals surface area contributed by atoms with Crippen LogP contribution in [0, 0.1) is 13.8 Å². The van der Waals surface area contributed by atoms with Crippen LogP contribution in [0.15, 0.2) is 21.5 Å². The molecule has 104 valence electrons. The second-order valence-corrected chi connectivity index (χ2v) is 4.59. The third-order valence-corrected chi connectivity index (χ3v) is 2.94. The highest BCUT2D eigenvalue weighted by Gasteiger charge is 2.13. The highest BCUT2D eigenvalue weighted by Crippen LogP contribution is 2.18. The van der Waals surface area contributed by atoms with Gasteiger partial charge in [0.15, 0.2) is 5.65 Å². The van der Waals surface area contributed by atoms with E-state index in [0.29, 0.717) is 23.2 Å². The van der Waals surface area contributed by atoms with Gasteiger partial charge in [0.1, 0.15) is 23.4 Å². The Morgan fingerprint density at radius 2 is 2.25 bits per heavy atom. The van der Waals surface area contributed by atoms with Crippen molar-refractivity contribution in [1.82, 2.24) is 24.6 Å². The van der Waals surface area contributed by atoms with Crippen LogP contribution in [0.5, 0.6) is 0 Å². The van der Waals surface area contributed by atoms with Gasteiger partial charge in [0, 0.05) is 6.07 Å². The molecule has 2 N–H and O–H groups in total. The van der Waals surface area contributed by atoms with E-state index in [-0.39, 0.29) is 11.7 Å². The Hall–Kier alpha value is -2.64. The maximum atomic E-state index is 11.5. The number of nitrogens with zero attached hydrogens (tertiary/aromatic N) is 4. The number of oxazole rings is 1. The summed E-state index contributed by atoms with van der Waals surface area (Å²) in [6, 6.07) is 1.56. The van der Waals surface area contributed by atoms with E-state index in [1.165, 1.54) is 4.40 Å². The minimum Gasteiger partial charge on any atom is -0.444 e. The second-order valence-electron chi connectivity index (χ2n) is 4.59. The first-order valence-electron chi connectivity index (χ1n) is 6.18. The fraction of sp³-hybridized carbons (Fsp3) is 0.333. The molecule has 0 amide bonds. The van der Waals surface area contributed by atoms with Crippen LogP contribution in [0.3, 0.4) is 0 Å². The molecular formula is C12H14N6O2. The van der Waals surface area contributed by atoms with Gasteiger partial charge in [0.25, 0.3) is 0 Å². The van der Waals surface area contributed by atoms with Crippen molar-refractivity contribution in [3.05, 3.63) is 40.2 Å². The zero-order valence-electron chi connectivity index (χ0n) is 11.3. The van der Waals surface area contributed by atoms with Crippen LogP contribution in [0.4, 0.5) is 5.82 Å². The third-order valence-electron chi connectivity index (χ3n) is 2.94. The molecule has 3 rings (SSSR count). The second kappa shape index (κ2) is 4.48. The SMILES string of the molecule is Cc1cnc(C(C)Nc2cc3n[nH]c(=O)n3c(C)n2)o1. The number of nitrogens with one attached hydrogen (secondary N) is 2. The first kappa shape index (κ1) is 12.4. The van der Waals surface area contributed by atoms with E-state index >= 15 is 0 Å². The van der Waals surface area contributed by atoms with Gasteiger partial charge >= 0.3 is 5.69 Å². The fourth-order valence-corrected chi connectivity index (χ4v) is 2.03. The van der Waals surface area contributed by atoms with E-state index in [4.69, 9.17) is 4.42 Å². The van der Waals surface area contributed by atoms with E-state index in [0.717, 1.165) is 5.76 Å². The molecular weight excluding hydrogens is 260 g/mol. The predicted molar refractivity (Wildman–Crippen MR) is 71.6 cm³/mol. The highest BCUT2D eigenvalue weighted by molar-refractivity contribution is 5.50. The molecule has 0 saturated heterocycles. The lowest BCUT2D eigenvalue weighted by Gasteiger charge is -2.11. The molecule has 1 unspecified atom stereocenters. The Balaban J connectivity index is 1.93. The van der Waals surface area contributed by atoms with Crippen LogP contribution in [0.25, 0.3) is 5.65 Å². The Labute approximate surface area is 113 Å². The van der Waals surface area contributed by atoms with Gasteiger partial charge in [0.05, 0.1) is 6.20 Å². The first-order valence-corrected chi connectivity index (χ1v) is 6.18. The number of H-pyrrole nitrogens is 1. The summed E-state index contributed by atoms with van der Waals surface area (Å²) in [4.78, 5) is 20.0. The van der Waals surface area contributed by atoms with Crippen molar-refractivity contribution in [1.29, 1.82) is 0 Å². The van der Waals surface area contributed by atoms with Gasteiger partial charge in [-0.05, 0) is 20.8 Å². The molecule has 3 aromatic rings. The molecule has 0 spiro atoms. The number of aromatic nitrogens is 5. The zero-order chi connectivity index (χ0) is 14.3. The number of anilines is 1. The number of hydrogen-bond donors (Lipinski definition) is 2. The summed E-state index contributed by atoms with van der Waals surface area (Å²) >= 11 is 0. The zero-order valence-corrected chi connectivity index (χ0v) is 11.3. The lowest BCUT2D eigenvalue weighted by Crippen LogP contribution is -2.15. The summed E-state index contributed by atoms with van der Waals surface area (Å²) in [6.45, 7) is 5.51. The van der Waals surface area contributed by atoms with Crippen molar-refractivity contribution >= 4 is 11.5 Å². The monoisotopic (exact) mass is 274 g/mol. The summed E-state index contributed by atoms with van der Waals surface area (Å²) in [6.07, 6.45) is 1.67. The molecule has 0 aromatic carbocycles. The number of fused-ring (bicyclic) bond motifs is 1. The molecule has 0 aliphatic rings. The summed E-state index contributed by atoms with van der Waals surface area (Å²) in [5.74, 6) is 2.50. The van der Waals surface area contributed by atoms with Crippen LogP contribution < -0.4 is 11.0 Å². The largest absolute Gasteiger partial charge is 0.444 e. The number of hydrogen-bond acceptors (Lipinski definition) is 6. The van der Waals surface area contributed by atoms with Crippen molar-refractivity contribution in [2.24, 2.45) is 0 Å². The lowest BCUT2D eigenvalue weighted by molar-refractivity contribution is 0.453. The minimum atomic E-state index is -0.298. The van der Waals surface area contributed by atoms with Crippen LogP contribution in [-0.4, -0.2) is 24.6 Å². The molecule has 8 nitrogen and oxygen atoms in total. The van der Waals surface area contributed by atoms with Gasteiger partial charge in [-0.2, -0.15) is 5.10 Å². The van der Waals surface area contributed by atoms with Crippen molar-refractivity contribution < 1.29 is 4.42 Å². The van der Waals surface area contributed by atoms with E-state index in [1.54, 1.807) is 19.2 Å². The van der Waals surface area contributed by atoms with Gasteiger partial charge in [0.2, 0.25) is 5.89 Å². The Morgan fingerprint density at radius 1 is 1.45 bits per heavy atom. The molecule has 3 aromatic heterocycles. The van der Waals surface area contributed by atoms with Gasteiger partial charge in [-0.1, -0.05) is 0 Å². The first-order chi connectivity index (χ1) is 9.54. The Bertz CT molecular complexity index is 815. The van der Waals surface area contributed by atoms with Crippen molar-refractivity contribution in [2.75, 3.05) is 5.32 Å². The standard InChI is InChI=1S/C12H14N6O2/c1-6-5-13-11(20-6)7(2)14-9-4-10-16-17-12(19)18(10)8(3)15-9/h4-5,7,14H,1-3H3,(H,17,19).